The Labute approximate surface area is 331 Å². The molecule has 0 aliphatic heterocycles. The van der Waals surface area contributed by atoms with Crippen LogP contribution in [0.3, 0.4) is 0 Å². The summed E-state index contributed by atoms with van der Waals surface area (Å²) in [5, 5.41) is 12.0. The fourth-order valence-electron chi connectivity index (χ4n) is 9.44. The number of aromatic nitrogens is 3. The van der Waals surface area contributed by atoms with Crippen LogP contribution in [-0.4, -0.2) is 15.0 Å². The summed E-state index contributed by atoms with van der Waals surface area (Å²) in [5.41, 5.74) is 15.1. The van der Waals surface area contributed by atoms with Gasteiger partial charge >= 0.3 is 0 Å². The average Bonchev–Trinajstić information content (AvgIpc) is 3.79. The molecule has 7 aromatic carbocycles. The molecule has 2 aromatic heterocycles. The minimum absolute atomic E-state index is 0.0192. The van der Waals surface area contributed by atoms with E-state index in [1.165, 1.54) is 52.6 Å². The summed E-state index contributed by atoms with van der Waals surface area (Å²) in [5.74, 6) is 1.82. The van der Waals surface area contributed by atoms with Gasteiger partial charge in [0.15, 0.2) is 17.5 Å². The standard InChI is InChI=1S/C52H36N4O/c53-32-33-19-25-43-45(29-33)52(27-7-2-8-28-52)44-17-10-16-40(48(43)44)38-14-9-13-37(30-38)34-20-22-36(23-21-34)50-54-49(35-11-3-1-4-12-35)55-51(56-50)39-24-26-42-41-15-5-6-18-46(41)57-47(42)31-39/h1,3-6,9-26,29-31H,2,7-8,27-28H2. The van der Waals surface area contributed by atoms with Crippen LogP contribution in [0.2, 0.25) is 0 Å². The summed E-state index contributed by atoms with van der Waals surface area (Å²) < 4.78 is 6.23. The van der Waals surface area contributed by atoms with Crippen LogP contribution < -0.4 is 0 Å². The van der Waals surface area contributed by atoms with Crippen LogP contribution in [0.4, 0.5) is 0 Å². The molecule has 1 spiro atoms. The maximum absolute atomic E-state index is 9.83. The number of para-hydroxylation sites is 1. The van der Waals surface area contributed by atoms with Crippen LogP contribution in [0.15, 0.2) is 162 Å². The molecule has 0 bridgehead atoms. The molecule has 5 heteroatoms. The Morgan fingerprint density at radius 1 is 0.456 bits per heavy atom. The van der Waals surface area contributed by atoms with Gasteiger partial charge in [0.2, 0.25) is 0 Å². The fraction of sp³-hybridized carbons (Fsp3) is 0.115. The topological polar surface area (TPSA) is 75.6 Å². The lowest BCUT2D eigenvalue weighted by Crippen LogP contribution is -2.28. The number of fused-ring (bicyclic) bond motifs is 8. The Morgan fingerprint density at radius 2 is 1.11 bits per heavy atom. The first-order chi connectivity index (χ1) is 28.1. The van der Waals surface area contributed by atoms with Crippen molar-refractivity contribution >= 4 is 21.9 Å². The third-order valence-corrected chi connectivity index (χ3v) is 12.2. The zero-order chi connectivity index (χ0) is 37.9. The fourth-order valence-corrected chi connectivity index (χ4v) is 9.44. The zero-order valence-electron chi connectivity index (χ0n) is 31.2. The van der Waals surface area contributed by atoms with Gasteiger partial charge in [-0.05, 0) is 93.7 Å². The summed E-state index contributed by atoms with van der Waals surface area (Å²) in [7, 11) is 0. The van der Waals surface area contributed by atoms with E-state index in [0.29, 0.717) is 17.5 Å². The molecule has 57 heavy (non-hydrogen) atoms. The van der Waals surface area contributed by atoms with E-state index in [1.807, 2.05) is 60.7 Å². The van der Waals surface area contributed by atoms with Gasteiger partial charge < -0.3 is 4.42 Å². The molecule has 2 aliphatic rings. The smallest absolute Gasteiger partial charge is 0.164 e. The second-order valence-electron chi connectivity index (χ2n) is 15.4. The molecule has 5 nitrogen and oxygen atoms in total. The lowest BCUT2D eigenvalue weighted by molar-refractivity contribution is 0.353. The van der Waals surface area contributed by atoms with Crippen molar-refractivity contribution in [1.82, 2.24) is 15.0 Å². The lowest BCUT2D eigenvalue weighted by Gasteiger charge is -2.36. The van der Waals surface area contributed by atoms with Gasteiger partial charge in [0.25, 0.3) is 0 Å². The Bertz CT molecular complexity index is 3060. The van der Waals surface area contributed by atoms with Crippen LogP contribution in [0.1, 0.15) is 48.8 Å². The van der Waals surface area contributed by atoms with Crippen LogP contribution in [0.25, 0.3) is 89.5 Å². The number of benzene rings is 7. The molecule has 0 saturated heterocycles. The lowest BCUT2D eigenvalue weighted by atomic mass is 9.67. The molecule has 2 aliphatic carbocycles. The highest BCUT2D eigenvalue weighted by Gasteiger charge is 2.44. The van der Waals surface area contributed by atoms with Crippen molar-refractivity contribution in [1.29, 1.82) is 5.26 Å². The number of furan rings is 1. The molecule has 1 saturated carbocycles. The number of nitrogens with zero attached hydrogens (tertiary/aromatic N) is 4. The monoisotopic (exact) mass is 732 g/mol. The van der Waals surface area contributed by atoms with Gasteiger partial charge in [-0.3, -0.25) is 0 Å². The third kappa shape index (κ3) is 5.48. The highest BCUT2D eigenvalue weighted by atomic mass is 16.3. The molecule has 0 amide bonds. The van der Waals surface area contributed by atoms with Gasteiger partial charge in [-0.1, -0.05) is 141 Å². The normalized spacial score (nSPS) is 14.1. The van der Waals surface area contributed by atoms with Crippen LogP contribution >= 0.6 is 0 Å². The highest BCUT2D eigenvalue weighted by Crippen LogP contribution is 2.58. The molecular weight excluding hydrogens is 697 g/mol. The van der Waals surface area contributed by atoms with Gasteiger partial charge in [-0.25, -0.2) is 15.0 Å². The Balaban J connectivity index is 0.968. The largest absolute Gasteiger partial charge is 0.456 e. The van der Waals surface area contributed by atoms with E-state index in [0.717, 1.165) is 68.2 Å². The van der Waals surface area contributed by atoms with E-state index in [-0.39, 0.29) is 5.41 Å². The maximum atomic E-state index is 9.83. The Morgan fingerprint density at radius 3 is 1.91 bits per heavy atom. The molecule has 2 heterocycles. The first kappa shape index (κ1) is 33.2. The first-order valence-electron chi connectivity index (χ1n) is 19.8. The van der Waals surface area contributed by atoms with Crippen molar-refractivity contribution in [3.05, 3.63) is 174 Å². The molecular formula is C52H36N4O. The second kappa shape index (κ2) is 13.3. The predicted molar refractivity (Wildman–Crippen MR) is 228 cm³/mol. The summed E-state index contributed by atoms with van der Waals surface area (Å²) in [6.07, 6.45) is 5.95. The molecule has 11 rings (SSSR count). The van der Waals surface area contributed by atoms with Crippen LogP contribution in [0.5, 0.6) is 0 Å². The van der Waals surface area contributed by atoms with Crippen molar-refractivity contribution in [2.75, 3.05) is 0 Å². The zero-order valence-corrected chi connectivity index (χ0v) is 31.2. The summed E-state index contributed by atoms with van der Waals surface area (Å²) in [6.45, 7) is 0. The van der Waals surface area contributed by atoms with Crippen LogP contribution in [-0.2, 0) is 5.41 Å². The molecule has 0 atom stereocenters. The number of nitriles is 1. The Hall–Kier alpha value is -7.16. The summed E-state index contributed by atoms with van der Waals surface area (Å²) >= 11 is 0. The van der Waals surface area contributed by atoms with Crippen molar-refractivity contribution in [2.45, 2.75) is 37.5 Å². The minimum Gasteiger partial charge on any atom is -0.456 e. The van der Waals surface area contributed by atoms with Gasteiger partial charge in [-0.15, -0.1) is 0 Å². The van der Waals surface area contributed by atoms with Crippen LogP contribution in [0, 0.1) is 11.3 Å². The van der Waals surface area contributed by atoms with Crippen molar-refractivity contribution in [2.24, 2.45) is 0 Å². The van der Waals surface area contributed by atoms with Gasteiger partial charge in [-0.2, -0.15) is 5.26 Å². The van der Waals surface area contributed by atoms with Gasteiger partial charge in [0.1, 0.15) is 11.2 Å². The molecule has 0 unspecified atom stereocenters. The SMILES string of the molecule is N#Cc1ccc2c(c1)C1(CCCCC1)c1cccc(-c3cccc(-c4ccc(-c5nc(-c6ccccc6)nc(-c6ccc7c(c6)oc6ccccc67)n5)cc4)c3)c1-2. The maximum Gasteiger partial charge on any atom is 0.164 e. The van der Waals surface area contributed by atoms with E-state index in [2.05, 4.69) is 103 Å². The second-order valence-corrected chi connectivity index (χ2v) is 15.4. The molecule has 9 aromatic rings. The van der Waals surface area contributed by atoms with E-state index in [1.54, 1.807) is 0 Å². The summed E-state index contributed by atoms with van der Waals surface area (Å²) in [4.78, 5) is 15.0. The van der Waals surface area contributed by atoms with Crippen molar-refractivity contribution in [3.8, 4) is 73.6 Å². The minimum atomic E-state index is -0.0192. The van der Waals surface area contributed by atoms with Crippen molar-refractivity contribution < 1.29 is 4.42 Å². The highest BCUT2D eigenvalue weighted by molar-refractivity contribution is 6.05. The molecule has 270 valence electrons. The summed E-state index contributed by atoms with van der Waals surface area (Å²) in [6, 6.07) is 57.3. The molecule has 0 N–H and O–H groups in total. The molecule has 1 fully saturated rings. The quantitative estimate of drug-likeness (QED) is 0.176. The van der Waals surface area contributed by atoms with E-state index < -0.39 is 0 Å². The van der Waals surface area contributed by atoms with E-state index in [9.17, 15) is 5.26 Å². The predicted octanol–water partition coefficient (Wildman–Crippen LogP) is 13.2. The molecule has 0 radical (unpaired) electrons. The average molecular weight is 733 g/mol. The first-order valence-corrected chi connectivity index (χ1v) is 19.8. The third-order valence-electron chi connectivity index (χ3n) is 12.2. The number of rotatable bonds is 5. The van der Waals surface area contributed by atoms with E-state index >= 15 is 0 Å². The number of hydrogen-bond acceptors (Lipinski definition) is 5. The number of hydrogen-bond donors (Lipinski definition) is 0. The van der Waals surface area contributed by atoms with E-state index in [4.69, 9.17) is 19.4 Å². The van der Waals surface area contributed by atoms with Crippen molar-refractivity contribution in [3.63, 3.8) is 0 Å². The van der Waals surface area contributed by atoms with Gasteiger partial charge in [0, 0.05) is 32.9 Å². The van der Waals surface area contributed by atoms with Gasteiger partial charge in [0.05, 0.1) is 11.6 Å². The Kier molecular flexibility index (Phi) is 7.72.